The zero-order valence-corrected chi connectivity index (χ0v) is 10.8. The van der Waals surface area contributed by atoms with Crippen LogP contribution in [0.2, 0.25) is 0 Å². The fourth-order valence-corrected chi connectivity index (χ4v) is 1.75. The Hall–Kier alpha value is -0.610. The van der Waals surface area contributed by atoms with Crippen molar-refractivity contribution in [3.63, 3.8) is 0 Å². The van der Waals surface area contributed by atoms with Crippen LogP contribution in [-0.2, 0) is 14.3 Å². The van der Waals surface area contributed by atoms with Crippen LogP contribution >= 0.6 is 0 Å². The van der Waals surface area contributed by atoms with Gasteiger partial charge in [0, 0.05) is 20.3 Å². The minimum atomic E-state index is -0.496. The maximum absolute atomic E-state index is 11.9. The van der Waals surface area contributed by atoms with E-state index in [-0.39, 0.29) is 5.97 Å². The van der Waals surface area contributed by atoms with E-state index in [0.717, 1.165) is 32.3 Å². The van der Waals surface area contributed by atoms with Crippen LogP contribution in [0.4, 0.5) is 0 Å². The van der Waals surface area contributed by atoms with E-state index in [0.29, 0.717) is 13.2 Å². The second-order valence-electron chi connectivity index (χ2n) is 4.01. The third-order valence-electron chi connectivity index (χ3n) is 3.03. The van der Waals surface area contributed by atoms with Crippen LogP contribution in [0, 0.1) is 5.41 Å². The molecule has 4 heteroatoms. The molecule has 0 aromatic carbocycles. The molecule has 16 heavy (non-hydrogen) atoms. The summed E-state index contributed by atoms with van der Waals surface area (Å²) in [5.74, 6) is -0.155. The number of nitrogens with two attached hydrogens (primary N) is 1. The van der Waals surface area contributed by atoms with Gasteiger partial charge in [-0.15, -0.1) is 0 Å². The maximum Gasteiger partial charge on any atom is 0.313 e. The van der Waals surface area contributed by atoms with Gasteiger partial charge in [-0.25, -0.2) is 0 Å². The van der Waals surface area contributed by atoms with Crippen molar-refractivity contribution in [1.29, 1.82) is 0 Å². The molecule has 0 aliphatic carbocycles. The average Bonchev–Trinajstić information content (AvgIpc) is 2.30. The van der Waals surface area contributed by atoms with Gasteiger partial charge >= 0.3 is 5.97 Å². The summed E-state index contributed by atoms with van der Waals surface area (Å²) in [6.07, 6.45) is 3.41. The van der Waals surface area contributed by atoms with Crippen molar-refractivity contribution in [3.05, 3.63) is 0 Å². The molecule has 1 unspecified atom stereocenters. The largest absolute Gasteiger partial charge is 0.466 e. The molecule has 0 heterocycles. The molecule has 0 aromatic heterocycles. The molecule has 0 saturated carbocycles. The monoisotopic (exact) mass is 231 g/mol. The standard InChI is InChI=1S/C12H25NO3/c1-4-12(10-13,11(14)16-5-2)8-6-7-9-15-3/h4-10,13H2,1-3H3. The van der Waals surface area contributed by atoms with E-state index in [1.165, 1.54) is 0 Å². The lowest BCUT2D eigenvalue weighted by Crippen LogP contribution is -2.39. The number of hydrogen-bond donors (Lipinski definition) is 1. The normalized spacial score (nSPS) is 14.5. The summed E-state index contributed by atoms with van der Waals surface area (Å²) in [4.78, 5) is 11.9. The Morgan fingerprint density at radius 2 is 2.00 bits per heavy atom. The molecule has 0 spiro atoms. The van der Waals surface area contributed by atoms with Gasteiger partial charge in [-0.3, -0.25) is 4.79 Å². The molecule has 0 amide bonds. The first kappa shape index (κ1) is 15.4. The molecular weight excluding hydrogens is 206 g/mol. The molecule has 0 saturated heterocycles. The third-order valence-corrected chi connectivity index (χ3v) is 3.03. The maximum atomic E-state index is 11.9. The van der Waals surface area contributed by atoms with Gasteiger partial charge in [0.15, 0.2) is 0 Å². The van der Waals surface area contributed by atoms with Crippen LogP contribution in [-0.4, -0.2) is 32.8 Å². The summed E-state index contributed by atoms with van der Waals surface area (Å²) in [7, 11) is 1.68. The lowest BCUT2D eigenvalue weighted by molar-refractivity contribution is -0.155. The first-order chi connectivity index (χ1) is 7.66. The van der Waals surface area contributed by atoms with E-state index in [1.807, 2.05) is 13.8 Å². The highest BCUT2D eigenvalue weighted by Gasteiger charge is 2.36. The first-order valence-corrected chi connectivity index (χ1v) is 6.03. The van der Waals surface area contributed by atoms with E-state index in [1.54, 1.807) is 7.11 Å². The summed E-state index contributed by atoms with van der Waals surface area (Å²) in [6, 6.07) is 0. The van der Waals surface area contributed by atoms with Crippen LogP contribution in [0.25, 0.3) is 0 Å². The molecule has 0 rings (SSSR count). The number of unbranched alkanes of at least 4 members (excludes halogenated alkanes) is 1. The van der Waals surface area contributed by atoms with Crippen LogP contribution in [0.3, 0.4) is 0 Å². The molecule has 0 aliphatic heterocycles. The summed E-state index contributed by atoms with van der Waals surface area (Å²) < 4.78 is 10.1. The lowest BCUT2D eigenvalue weighted by atomic mass is 9.80. The predicted molar refractivity (Wildman–Crippen MR) is 64.1 cm³/mol. The highest BCUT2D eigenvalue weighted by Crippen LogP contribution is 2.29. The highest BCUT2D eigenvalue weighted by molar-refractivity contribution is 5.77. The smallest absolute Gasteiger partial charge is 0.313 e. The quantitative estimate of drug-likeness (QED) is 0.485. The van der Waals surface area contributed by atoms with Gasteiger partial charge in [0.1, 0.15) is 0 Å². The van der Waals surface area contributed by atoms with Gasteiger partial charge in [-0.1, -0.05) is 6.92 Å². The Morgan fingerprint density at radius 3 is 2.44 bits per heavy atom. The van der Waals surface area contributed by atoms with E-state index in [9.17, 15) is 4.79 Å². The number of ether oxygens (including phenoxy) is 2. The molecule has 96 valence electrons. The van der Waals surface area contributed by atoms with Gasteiger partial charge in [-0.05, 0) is 32.6 Å². The van der Waals surface area contributed by atoms with E-state index < -0.39 is 5.41 Å². The minimum Gasteiger partial charge on any atom is -0.466 e. The predicted octanol–water partition coefficient (Wildman–Crippen LogP) is 1.72. The molecule has 0 fully saturated rings. The number of esters is 1. The third kappa shape index (κ3) is 4.49. The number of carbonyl (C=O) groups excluding carboxylic acids is 1. The molecule has 4 nitrogen and oxygen atoms in total. The Labute approximate surface area is 98.5 Å². The van der Waals surface area contributed by atoms with Gasteiger partial charge in [-0.2, -0.15) is 0 Å². The van der Waals surface area contributed by atoms with Crippen molar-refractivity contribution < 1.29 is 14.3 Å². The fraction of sp³-hybridized carbons (Fsp3) is 0.917. The Morgan fingerprint density at radius 1 is 1.31 bits per heavy atom. The summed E-state index contributed by atoms with van der Waals surface area (Å²) in [6.45, 7) is 5.31. The number of methoxy groups -OCH3 is 1. The minimum absolute atomic E-state index is 0.155. The van der Waals surface area contributed by atoms with Gasteiger partial charge in [0.05, 0.1) is 12.0 Å². The SMILES string of the molecule is CCOC(=O)C(CC)(CN)CCCCOC. The summed E-state index contributed by atoms with van der Waals surface area (Å²) >= 11 is 0. The number of rotatable bonds is 9. The highest BCUT2D eigenvalue weighted by atomic mass is 16.5. The van der Waals surface area contributed by atoms with Crippen LogP contribution in [0.15, 0.2) is 0 Å². The van der Waals surface area contributed by atoms with E-state index >= 15 is 0 Å². The van der Waals surface area contributed by atoms with Crippen LogP contribution < -0.4 is 5.73 Å². The summed E-state index contributed by atoms with van der Waals surface area (Å²) in [5.41, 5.74) is 5.24. The van der Waals surface area contributed by atoms with Gasteiger partial charge in [0.2, 0.25) is 0 Å². The second-order valence-corrected chi connectivity index (χ2v) is 4.01. The Bertz CT molecular complexity index is 191. The molecule has 1 atom stereocenters. The van der Waals surface area contributed by atoms with Crippen molar-refractivity contribution in [2.45, 2.75) is 39.5 Å². The lowest BCUT2D eigenvalue weighted by Gasteiger charge is -2.28. The molecule has 2 N–H and O–H groups in total. The van der Waals surface area contributed by atoms with Crippen molar-refractivity contribution >= 4 is 5.97 Å². The zero-order chi connectivity index (χ0) is 12.4. The van der Waals surface area contributed by atoms with Crippen molar-refractivity contribution in [2.75, 3.05) is 26.9 Å². The topological polar surface area (TPSA) is 61.5 Å². The van der Waals surface area contributed by atoms with Gasteiger partial charge < -0.3 is 15.2 Å². The number of carbonyl (C=O) groups is 1. The molecule has 0 radical (unpaired) electrons. The first-order valence-electron chi connectivity index (χ1n) is 6.03. The zero-order valence-electron chi connectivity index (χ0n) is 10.8. The second kappa shape index (κ2) is 8.53. The van der Waals surface area contributed by atoms with Crippen molar-refractivity contribution in [2.24, 2.45) is 11.1 Å². The molecule has 0 aromatic rings. The summed E-state index contributed by atoms with van der Waals surface area (Å²) in [5, 5.41) is 0. The van der Waals surface area contributed by atoms with E-state index in [2.05, 4.69) is 0 Å². The molecule has 0 aliphatic rings. The Kier molecular flexibility index (Phi) is 8.21. The van der Waals surface area contributed by atoms with Gasteiger partial charge in [0.25, 0.3) is 0 Å². The van der Waals surface area contributed by atoms with Crippen LogP contribution in [0.5, 0.6) is 0 Å². The number of hydrogen-bond acceptors (Lipinski definition) is 4. The average molecular weight is 231 g/mol. The van der Waals surface area contributed by atoms with E-state index in [4.69, 9.17) is 15.2 Å². The van der Waals surface area contributed by atoms with Crippen molar-refractivity contribution in [1.82, 2.24) is 0 Å². The van der Waals surface area contributed by atoms with Crippen molar-refractivity contribution in [3.8, 4) is 0 Å². The molecule has 0 bridgehead atoms. The fourth-order valence-electron chi connectivity index (χ4n) is 1.75. The Balaban J connectivity index is 4.26. The van der Waals surface area contributed by atoms with Crippen LogP contribution in [0.1, 0.15) is 39.5 Å². The molecular formula is C12H25NO3.